The third-order valence-electron chi connectivity index (χ3n) is 2.22. The summed E-state index contributed by atoms with van der Waals surface area (Å²) in [5.74, 6) is 0. The maximum absolute atomic E-state index is 4.44. The number of thiazole rings is 1. The molecule has 0 bridgehead atoms. The molecule has 4 heteroatoms. The molecule has 0 spiro atoms. The Labute approximate surface area is 96.5 Å². The Morgan fingerprint density at radius 2 is 2.20 bits per heavy atom. The van der Waals surface area contributed by atoms with Crippen molar-refractivity contribution in [1.29, 1.82) is 0 Å². The fraction of sp³-hybridized carbons (Fsp3) is 0.727. The van der Waals surface area contributed by atoms with Crippen LogP contribution in [0.25, 0.3) is 0 Å². The molecule has 15 heavy (non-hydrogen) atoms. The minimum atomic E-state index is 1.07. The number of nitrogens with zero attached hydrogens (tertiary/aromatic N) is 2. The Morgan fingerprint density at radius 3 is 2.87 bits per heavy atom. The van der Waals surface area contributed by atoms with E-state index in [1.54, 1.807) is 0 Å². The molecule has 0 atom stereocenters. The molecule has 0 aliphatic rings. The van der Waals surface area contributed by atoms with Crippen LogP contribution in [0.2, 0.25) is 0 Å². The average molecular weight is 227 g/mol. The highest BCUT2D eigenvalue weighted by atomic mass is 32.1. The second kappa shape index (κ2) is 6.93. The molecule has 0 radical (unpaired) electrons. The highest BCUT2D eigenvalue weighted by Crippen LogP contribution is 2.15. The first kappa shape index (κ1) is 12.6. The van der Waals surface area contributed by atoms with Gasteiger partial charge in [0.2, 0.25) is 0 Å². The predicted octanol–water partition coefficient (Wildman–Crippen LogP) is 1.40. The second-order valence-electron chi connectivity index (χ2n) is 3.98. The average Bonchev–Trinajstić information content (AvgIpc) is 2.63. The zero-order valence-corrected chi connectivity index (χ0v) is 10.7. The molecule has 0 aliphatic carbocycles. The van der Waals surface area contributed by atoms with E-state index < -0.39 is 0 Å². The van der Waals surface area contributed by atoms with Gasteiger partial charge in [0, 0.05) is 24.0 Å². The smallest absolute Gasteiger partial charge is 0.0940 e. The molecular weight excluding hydrogens is 206 g/mol. The van der Waals surface area contributed by atoms with E-state index in [1.807, 2.05) is 24.6 Å². The summed E-state index contributed by atoms with van der Waals surface area (Å²) in [6, 6.07) is 0. The number of aromatic nitrogens is 1. The third-order valence-corrected chi connectivity index (χ3v) is 3.34. The number of aryl methyl sites for hydroxylation is 1. The summed E-state index contributed by atoms with van der Waals surface area (Å²) in [6.45, 7) is 2.17. The Balaban J connectivity index is 2.29. The molecule has 0 aliphatic heterocycles. The van der Waals surface area contributed by atoms with Crippen LogP contribution >= 0.6 is 11.3 Å². The zero-order valence-electron chi connectivity index (χ0n) is 9.92. The van der Waals surface area contributed by atoms with Crippen molar-refractivity contribution in [3.63, 3.8) is 0 Å². The lowest BCUT2D eigenvalue weighted by Crippen LogP contribution is -2.14. The number of likely N-dealkylation sites (N-methyl/N-ethyl adjacent to an activating group) is 1. The van der Waals surface area contributed by atoms with Crippen LogP contribution < -0.4 is 5.32 Å². The highest BCUT2D eigenvalue weighted by Gasteiger charge is 2.02. The standard InChI is InChI=1S/C11H21N3S/c1-12-7-4-5-10-9-13-11(15-10)6-8-14(2)3/h9,12H,4-8H2,1-3H3. The first-order valence-corrected chi connectivity index (χ1v) is 6.27. The van der Waals surface area contributed by atoms with E-state index in [9.17, 15) is 0 Å². The zero-order chi connectivity index (χ0) is 11.1. The number of hydrogen-bond donors (Lipinski definition) is 1. The van der Waals surface area contributed by atoms with Gasteiger partial charge in [-0.15, -0.1) is 11.3 Å². The van der Waals surface area contributed by atoms with Gasteiger partial charge in [-0.05, 0) is 40.5 Å². The van der Waals surface area contributed by atoms with Gasteiger partial charge in [-0.3, -0.25) is 0 Å². The van der Waals surface area contributed by atoms with Crippen molar-refractivity contribution in [3.05, 3.63) is 16.1 Å². The lowest BCUT2D eigenvalue weighted by Gasteiger charge is -2.06. The van der Waals surface area contributed by atoms with Gasteiger partial charge >= 0.3 is 0 Å². The maximum atomic E-state index is 4.44. The number of rotatable bonds is 7. The van der Waals surface area contributed by atoms with Gasteiger partial charge < -0.3 is 10.2 Å². The van der Waals surface area contributed by atoms with Crippen molar-refractivity contribution in [1.82, 2.24) is 15.2 Å². The van der Waals surface area contributed by atoms with Crippen LogP contribution in [0.3, 0.4) is 0 Å². The Bertz CT molecular complexity index is 271. The summed E-state index contributed by atoms with van der Waals surface area (Å²) < 4.78 is 0. The van der Waals surface area contributed by atoms with Gasteiger partial charge in [0.05, 0.1) is 5.01 Å². The van der Waals surface area contributed by atoms with E-state index in [4.69, 9.17) is 0 Å². The molecule has 1 aromatic heterocycles. The van der Waals surface area contributed by atoms with E-state index >= 15 is 0 Å². The minimum Gasteiger partial charge on any atom is -0.320 e. The summed E-state index contributed by atoms with van der Waals surface area (Å²) in [5.41, 5.74) is 0. The van der Waals surface area contributed by atoms with Gasteiger partial charge in [-0.25, -0.2) is 4.98 Å². The molecule has 0 aromatic carbocycles. The van der Waals surface area contributed by atoms with Crippen molar-refractivity contribution >= 4 is 11.3 Å². The van der Waals surface area contributed by atoms with Gasteiger partial charge in [0.25, 0.3) is 0 Å². The minimum absolute atomic E-state index is 1.07. The van der Waals surface area contributed by atoms with Crippen molar-refractivity contribution in [2.75, 3.05) is 34.2 Å². The molecule has 0 fully saturated rings. The topological polar surface area (TPSA) is 28.2 Å². The molecule has 86 valence electrons. The molecule has 1 N–H and O–H groups in total. The monoisotopic (exact) mass is 227 g/mol. The molecule has 1 heterocycles. The first-order valence-electron chi connectivity index (χ1n) is 5.45. The van der Waals surface area contributed by atoms with Crippen LogP contribution in [-0.4, -0.2) is 44.1 Å². The Morgan fingerprint density at radius 1 is 1.40 bits per heavy atom. The fourth-order valence-electron chi connectivity index (χ4n) is 1.34. The molecule has 0 unspecified atom stereocenters. The lowest BCUT2D eigenvalue weighted by molar-refractivity contribution is 0.413. The normalized spacial score (nSPS) is 11.2. The first-order chi connectivity index (χ1) is 7.22. The van der Waals surface area contributed by atoms with Gasteiger partial charge in [0.15, 0.2) is 0 Å². The molecule has 3 nitrogen and oxygen atoms in total. The van der Waals surface area contributed by atoms with E-state index in [-0.39, 0.29) is 0 Å². The van der Waals surface area contributed by atoms with Gasteiger partial charge in [-0.1, -0.05) is 0 Å². The van der Waals surface area contributed by atoms with Crippen LogP contribution in [0.5, 0.6) is 0 Å². The largest absolute Gasteiger partial charge is 0.320 e. The predicted molar refractivity (Wildman–Crippen MR) is 66.6 cm³/mol. The number of nitrogens with one attached hydrogen (secondary N) is 1. The molecule has 1 aromatic rings. The Hall–Kier alpha value is -0.450. The summed E-state index contributed by atoms with van der Waals surface area (Å²) in [6.07, 6.45) is 5.46. The lowest BCUT2D eigenvalue weighted by atomic mass is 10.3. The molecule has 0 saturated carbocycles. The second-order valence-corrected chi connectivity index (χ2v) is 5.18. The van der Waals surface area contributed by atoms with E-state index in [2.05, 4.69) is 29.3 Å². The van der Waals surface area contributed by atoms with Crippen molar-refractivity contribution in [3.8, 4) is 0 Å². The van der Waals surface area contributed by atoms with Crippen molar-refractivity contribution in [2.24, 2.45) is 0 Å². The highest BCUT2D eigenvalue weighted by molar-refractivity contribution is 7.11. The maximum Gasteiger partial charge on any atom is 0.0940 e. The molecular formula is C11H21N3S. The van der Waals surface area contributed by atoms with Crippen molar-refractivity contribution in [2.45, 2.75) is 19.3 Å². The third kappa shape index (κ3) is 5.25. The number of hydrogen-bond acceptors (Lipinski definition) is 4. The van der Waals surface area contributed by atoms with Crippen LogP contribution in [-0.2, 0) is 12.8 Å². The Kier molecular flexibility index (Phi) is 5.83. The van der Waals surface area contributed by atoms with E-state index in [1.165, 1.54) is 16.3 Å². The van der Waals surface area contributed by atoms with Crippen LogP contribution in [0.1, 0.15) is 16.3 Å². The van der Waals surface area contributed by atoms with E-state index in [0.717, 1.165) is 25.9 Å². The summed E-state index contributed by atoms with van der Waals surface area (Å²) in [5, 5.41) is 4.43. The van der Waals surface area contributed by atoms with Crippen LogP contribution in [0.4, 0.5) is 0 Å². The van der Waals surface area contributed by atoms with Crippen LogP contribution in [0.15, 0.2) is 6.20 Å². The molecule has 0 amide bonds. The summed E-state index contributed by atoms with van der Waals surface area (Å²) in [7, 11) is 6.19. The molecule has 1 rings (SSSR count). The quantitative estimate of drug-likeness (QED) is 0.714. The van der Waals surface area contributed by atoms with Gasteiger partial charge in [0.1, 0.15) is 0 Å². The summed E-state index contributed by atoms with van der Waals surface area (Å²) in [4.78, 5) is 8.05. The van der Waals surface area contributed by atoms with Crippen LogP contribution in [0, 0.1) is 0 Å². The SMILES string of the molecule is CNCCCc1cnc(CCN(C)C)s1. The van der Waals surface area contributed by atoms with Gasteiger partial charge in [-0.2, -0.15) is 0 Å². The van der Waals surface area contributed by atoms with Crippen molar-refractivity contribution < 1.29 is 0 Å². The fourth-order valence-corrected chi connectivity index (χ4v) is 2.29. The summed E-state index contributed by atoms with van der Waals surface area (Å²) >= 11 is 1.86. The molecule has 0 saturated heterocycles. The van der Waals surface area contributed by atoms with E-state index in [0.29, 0.717) is 0 Å².